The molecule has 2 aliphatic rings. The van der Waals surface area contributed by atoms with Gasteiger partial charge in [-0.05, 0) is 37.5 Å². The van der Waals surface area contributed by atoms with Crippen LogP contribution in [0.5, 0.6) is 0 Å². The molecule has 2 heterocycles. The maximum atomic E-state index is 12.6. The fourth-order valence-electron chi connectivity index (χ4n) is 3.39. The summed E-state index contributed by atoms with van der Waals surface area (Å²) in [5.74, 6) is 0.00685. The fraction of sp³-hybridized carbons (Fsp3) is 0.562. The summed E-state index contributed by atoms with van der Waals surface area (Å²) in [6.07, 6.45) is 2.86. The Hall–Kier alpha value is -1.10. The summed E-state index contributed by atoms with van der Waals surface area (Å²) < 4.78 is 11.6. The van der Waals surface area contributed by atoms with Crippen LogP contribution in [0.2, 0.25) is 5.02 Å². The lowest BCUT2D eigenvalue weighted by atomic mass is 9.85. The van der Waals surface area contributed by atoms with Gasteiger partial charge in [0.1, 0.15) is 6.10 Å². The van der Waals surface area contributed by atoms with Gasteiger partial charge in [0.15, 0.2) is 0 Å². The summed E-state index contributed by atoms with van der Waals surface area (Å²) in [5, 5.41) is 0.580. The van der Waals surface area contributed by atoms with Gasteiger partial charge >= 0.3 is 0 Å². The number of hydrogen-bond acceptors (Lipinski definition) is 3. The van der Waals surface area contributed by atoms with E-state index in [0.717, 1.165) is 25.9 Å². The van der Waals surface area contributed by atoms with Gasteiger partial charge in [0.05, 0.1) is 5.60 Å². The third-order valence-electron chi connectivity index (χ3n) is 4.56. The first kappa shape index (κ1) is 14.8. The van der Waals surface area contributed by atoms with Crippen LogP contribution in [0, 0.1) is 0 Å². The third kappa shape index (κ3) is 2.80. The number of halogens is 1. The Balaban J connectivity index is 1.75. The van der Waals surface area contributed by atoms with Gasteiger partial charge in [0.2, 0.25) is 0 Å². The van der Waals surface area contributed by atoms with Crippen LogP contribution in [0.4, 0.5) is 0 Å². The fourth-order valence-corrected chi connectivity index (χ4v) is 3.58. The van der Waals surface area contributed by atoms with Crippen LogP contribution in [0.1, 0.15) is 29.6 Å². The molecule has 0 aliphatic carbocycles. The van der Waals surface area contributed by atoms with Crippen molar-refractivity contribution in [3.8, 4) is 0 Å². The third-order valence-corrected chi connectivity index (χ3v) is 4.79. The predicted octanol–water partition coefficient (Wildman–Crippen LogP) is 2.75. The van der Waals surface area contributed by atoms with E-state index in [1.54, 1.807) is 31.4 Å². The number of likely N-dealkylation sites (tertiary alicyclic amines) is 1. The van der Waals surface area contributed by atoms with E-state index in [4.69, 9.17) is 21.1 Å². The average molecular weight is 310 g/mol. The molecule has 1 spiro atoms. The molecule has 0 radical (unpaired) electrons. The Labute approximate surface area is 130 Å². The summed E-state index contributed by atoms with van der Waals surface area (Å²) >= 11 is 5.97. The zero-order valence-corrected chi connectivity index (χ0v) is 12.9. The van der Waals surface area contributed by atoms with Crippen LogP contribution in [0.25, 0.3) is 0 Å². The second-order valence-corrected chi connectivity index (χ2v) is 6.19. The number of amides is 1. The molecule has 2 atom stereocenters. The number of carbonyl (C=O) groups is 1. The molecule has 1 aromatic carbocycles. The highest BCUT2D eigenvalue weighted by Crippen LogP contribution is 2.37. The normalized spacial score (nSPS) is 29.0. The SMILES string of the molecule is CO[C@H]1CN(C(=O)c2cccc(Cl)c2)CC[C@@]12CCCO2. The zero-order valence-electron chi connectivity index (χ0n) is 12.2. The van der Waals surface area contributed by atoms with Crippen molar-refractivity contribution in [2.45, 2.75) is 31.0 Å². The summed E-state index contributed by atoms with van der Waals surface area (Å²) in [7, 11) is 1.70. The summed E-state index contributed by atoms with van der Waals surface area (Å²) in [6.45, 7) is 2.06. The number of rotatable bonds is 2. The zero-order chi connectivity index (χ0) is 14.9. The van der Waals surface area contributed by atoms with Crippen LogP contribution >= 0.6 is 11.6 Å². The van der Waals surface area contributed by atoms with Crippen molar-refractivity contribution in [1.29, 1.82) is 0 Å². The van der Waals surface area contributed by atoms with Crippen molar-refractivity contribution in [1.82, 2.24) is 4.90 Å². The monoisotopic (exact) mass is 309 g/mol. The number of nitrogens with zero attached hydrogens (tertiary/aromatic N) is 1. The number of ether oxygens (including phenoxy) is 2. The molecule has 1 aromatic rings. The predicted molar refractivity (Wildman–Crippen MR) is 80.7 cm³/mol. The molecule has 5 heteroatoms. The van der Waals surface area contributed by atoms with E-state index in [0.29, 0.717) is 23.7 Å². The van der Waals surface area contributed by atoms with Crippen molar-refractivity contribution < 1.29 is 14.3 Å². The minimum absolute atomic E-state index is 0.00685. The highest BCUT2D eigenvalue weighted by molar-refractivity contribution is 6.30. The molecule has 0 N–H and O–H groups in total. The van der Waals surface area contributed by atoms with Crippen molar-refractivity contribution >= 4 is 17.5 Å². The van der Waals surface area contributed by atoms with Crippen LogP contribution in [0.15, 0.2) is 24.3 Å². The van der Waals surface area contributed by atoms with E-state index in [9.17, 15) is 4.79 Å². The molecule has 21 heavy (non-hydrogen) atoms. The lowest BCUT2D eigenvalue weighted by Crippen LogP contribution is -2.57. The minimum atomic E-state index is -0.195. The Bertz CT molecular complexity index is 528. The molecule has 114 valence electrons. The number of carbonyl (C=O) groups excluding carboxylic acids is 1. The lowest BCUT2D eigenvalue weighted by Gasteiger charge is -2.44. The van der Waals surface area contributed by atoms with Crippen molar-refractivity contribution in [2.24, 2.45) is 0 Å². The highest BCUT2D eigenvalue weighted by Gasteiger charge is 2.47. The first-order valence-electron chi connectivity index (χ1n) is 7.36. The maximum absolute atomic E-state index is 12.6. The maximum Gasteiger partial charge on any atom is 0.253 e. The Kier molecular flexibility index (Phi) is 4.20. The first-order chi connectivity index (χ1) is 10.1. The van der Waals surface area contributed by atoms with Crippen LogP contribution in [0.3, 0.4) is 0 Å². The Morgan fingerprint density at radius 1 is 1.48 bits per heavy atom. The molecular formula is C16H20ClNO3. The number of hydrogen-bond donors (Lipinski definition) is 0. The molecule has 0 bridgehead atoms. The average Bonchev–Trinajstić information content (AvgIpc) is 2.96. The van der Waals surface area contributed by atoms with E-state index in [1.807, 2.05) is 4.90 Å². The molecule has 0 unspecified atom stereocenters. The molecule has 3 rings (SSSR count). The number of piperidine rings is 1. The van der Waals surface area contributed by atoms with Crippen molar-refractivity contribution in [3.63, 3.8) is 0 Å². The Morgan fingerprint density at radius 3 is 3.00 bits per heavy atom. The van der Waals surface area contributed by atoms with E-state index in [1.165, 1.54) is 0 Å². The van der Waals surface area contributed by atoms with E-state index in [-0.39, 0.29) is 17.6 Å². The molecule has 0 aromatic heterocycles. The topological polar surface area (TPSA) is 38.8 Å². The molecule has 4 nitrogen and oxygen atoms in total. The quantitative estimate of drug-likeness (QED) is 0.843. The van der Waals surface area contributed by atoms with Gasteiger partial charge in [0.25, 0.3) is 5.91 Å². The standard InChI is InChI=1S/C16H20ClNO3/c1-20-14-11-18(8-7-16(14)6-3-9-21-16)15(19)12-4-2-5-13(17)10-12/h2,4-5,10,14H,3,6-9,11H2,1H3/t14-,16-/m0/s1. The van der Waals surface area contributed by atoms with E-state index < -0.39 is 0 Å². The molecule has 2 aliphatic heterocycles. The second kappa shape index (κ2) is 5.95. The molecule has 0 saturated carbocycles. The molecule has 2 fully saturated rings. The van der Waals surface area contributed by atoms with Crippen molar-refractivity contribution in [2.75, 3.05) is 26.8 Å². The van der Waals surface area contributed by atoms with Gasteiger partial charge in [-0.2, -0.15) is 0 Å². The van der Waals surface area contributed by atoms with Crippen molar-refractivity contribution in [3.05, 3.63) is 34.9 Å². The number of methoxy groups -OCH3 is 1. The van der Waals surface area contributed by atoms with Gasteiger partial charge in [-0.25, -0.2) is 0 Å². The molecule has 2 saturated heterocycles. The van der Waals surface area contributed by atoms with Crippen LogP contribution in [-0.2, 0) is 9.47 Å². The molecule has 1 amide bonds. The molecular weight excluding hydrogens is 290 g/mol. The highest BCUT2D eigenvalue weighted by atomic mass is 35.5. The summed E-state index contributed by atoms with van der Waals surface area (Å²) in [4.78, 5) is 14.4. The van der Waals surface area contributed by atoms with E-state index >= 15 is 0 Å². The van der Waals surface area contributed by atoms with Crippen LogP contribution < -0.4 is 0 Å². The number of benzene rings is 1. The second-order valence-electron chi connectivity index (χ2n) is 5.75. The largest absolute Gasteiger partial charge is 0.377 e. The van der Waals surface area contributed by atoms with Gasteiger partial charge in [-0.3, -0.25) is 4.79 Å². The van der Waals surface area contributed by atoms with Gasteiger partial charge in [-0.15, -0.1) is 0 Å². The Morgan fingerprint density at radius 2 is 2.33 bits per heavy atom. The summed E-state index contributed by atoms with van der Waals surface area (Å²) in [6, 6.07) is 7.08. The first-order valence-corrected chi connectivity index (χ1v) is 7.74. The lowest BCUT2D eigenvalue weighted by molar-refractivity contribution is -0.136. The smallest absolute Gasteiger partial charge is 0.253 e. The summed E-state index contributed by atoms with van der Waals surface area (Å²) in [5.41, 5.74) is 0.431. The minimum Gasteiger partial charge on any atom is -0.377 e. The van der Waals surface area contributed by atoms with Crippen LogP contribution in [-0.4, -0.2) is 49.3 Å². The van der Waals surface area contributed by atoms with Gasteiger partial charge < -0.3 is 14.4 Å². The van der Waals surface area contributed by atoms with Gasteiger partial charge in [-0.1, -0.05) is 17.7 Å². The van der Waals surface area contributed by atoms with E-state index in [2.05, 4.69) is 0 Å². The van der Waals surface area contributed by atoms with Gasteiger partial charge in [0, 0.05) is 37.4 Å².